The Morgan fingerprint density at radius 3 is 1.86 bits per heavy atom. The van der Waals surface area contributed by atoms with Crippen LogP contribution >= 0.6 is 0 Å². The van der Waals surface area contributed by atoms with E-state index in [2.05, 4.69) is 203 Å². The van der Waals surface area contributed by atoms with Gasteiger partial charge in [0.15, 0.2) is 5.82 Å². The topological polar surface area (TPSA) is 35.6 Å². The molecule has 0 radical (unpaired) electrons. The molecule has 0 fully saturated rings. The second-order valence-corrected chi connectivity index (χ2v) is 15.4. The maximum Gasteiger partial charge on any atom is 0.160 e. The summed E-state index contributed by atoms with van der Waals surface area (Å²) in [6.07, 6.45) is 0. The van der Waals surface area contributed by atoms with Crippen molar-refractivity contribution in [2.75, 3.05) is 0 Å². The second kappa shape index (κ2) is 11.8. The number of benzene rings is 9. The van der Waals surface area contributed by atoms with Crippen molar-refractivity contribution in [1.29, 1.82) is 0 Å². The first kappa shape index (κ1) is 31.4. The molecule has 4 nitrogen and oxygen atoms in total. The summed E-state index contributed by atoms with van der Waals surface area (Å²) in [5, 5.41) is 8.57. The van der Waals surface area contributed by atoms with Crippen molar-refractivity contribution in [3.63, 3.8) is 0 Å². The van der Waals surface area contributed by atoms with Crippen LogP contribution in [0.15, 0.2) is 194 Å². The molecule has 0 atom stereocenters. The van der Waals surface area contributed by atoms with Crippen LogP contribution in [0.1, 0.15) is 0 Å². The van der Waals surface area contributed by atoms with Gasteiger partial charge in [0.25, 0.3) is 0 Å². The molecule has 12 aromatic rings. The number of nitrogens with zero attached hydrogens (tertiary/aromatic N) is 4. The summed E-state index contributed by atoms with van der Waals surface area (Å²) in [6.45, 7) is 0. The van der Waals surface area contributed by atoms with Gasteiger partial charge in [0.2, 0.25) is 0 Å². The van der Waals surface area contributed by atoms with E-state index in [1.807, 2.05) is 0 Å². The molecule has 0 amide bonds. The van der Waals surface area contributed by atoms with Crippen molar-refractivity contribution >= 4 is 65.3 Å². The smallest absolute Gasteiger partial charge is 0.160 e. The molecule has 0 N–H and O–H groups in total. The first-order valence-electron chi connectivity index (χ1n) is 19.8. The first-order valence-corrected chi connectivity index (χ1v) is 19.8. The van der Waals surface area contributed by atoms with E-state index in [4.69, 9.17) is 9.97 Å². The summed E-state index contributed by atoms with van der Waals surface area (Å²) in [5.41, 5.74) is 16.0. The summed E-state index contributed by atoms with van der Waals surface area (Å²) in [6, 6.07) is 70.2. The quantitative estimate of drug-likeness (QED) is 0.180. The van der Waals surface area contributed by atoms with Crippen molar-refractivity contribution in [3.8, 4) is 56.3 Å². The Kier molecular flexibility index (Phi) is 6.41. The van der Waals surface area contributed by atoms with Gasteiger partial charge in [0, 0.05) is 54.8 Å². The fourth-order valence-corrected chi connectivity index (χ4v) is 9.68. The molecule has 13 rings (SSSR count). The zero-order valence-corrected chi connectivity index (χ0v) is 31.3. The molecule has 268 valence electrons. The van der Waals surface area contributed by atoms with E-state index in [0.717, 1.165) is 50.4 Å². The fourth-order valence-electron chi connectivity index (χ4n) is 9.68. The zero-order valence-electron chi connectivity index (χ0n) is 31.3. The van der Waals surface area contributed by atoms with Gasteiger partial charge < -0.3 is 9.13 Å². The Morgan fingerprint density at radius 2 is 1.00 bits per heavy atom. The molecule has 4 heteroatoms. The average Bonchev–Trinajstić information content (AvgIpc) is 3.93. The fraction of sp³-hybridized carbons (Fsp3) is 0. The van der Waals surface area contributed by atoms with Crippen LogP contribution in [0.25, 0.3) is 122 Å². The van der Waals surface area contributed by atoms with E-state index >= 15 is 0 Å². The molecule has 58 heavy (non-hydrogen) atoms. The van der Waals surface area contributed by atoms with Crippen molar-refractivity contribution in [2.45, 2.75) is 0 Å². The number of hydrogen-bond donors (Lipinski definition) is 0. The van der Waals surface area contributed by atoms with Crippen molar-refractivity contribution in [2.24, 2.45) is 0 Å². The summed E-state index contributed by atoms with van der Waals surface area (Å²) < 4.78 is 4.81. The molecule has 0 spiro atoms. The van der Waals surface area contributed by atoms with Crippen LogP contribution in [0.3, 0.4) is 0 Å². The normalized spacial score (nSPS) is 12.1. The van der Waals surface area contributed by atoms with Crippen molar-refractivity contribution in [3.05, 3.63) is 194 Å². The Hall–Kier alpha value is -7.82. The van der Waals surface area contributed by atoms with Gasteiger partial charge in [-0.05, 0) is 88.3 Å². The van der Waals surface area contributed by atoms with Gasteiger partial charge in [-0.1, -0.05) is 133 Å². The van der Waals surface area contributed by atoms with Crippen LogP contribution in [-0.4, -0.2) is 19.1 Å². The van der Waals surface area contributed by atoms with E-state index in [1.54, 1.807) is 0 Å². The minimum absolute atomic E-state index is 0.735. The lowest BCUT2D eigenvalue weighted by atomic mass is 10.00. The maximum absolute atomic E-state index is 5.23. The molecule has 1 aliphatic rings. The van der Waals surface area contributed by atoms with E-state index < -0.39 is 0 Å². The van der Waals surface area contributed by atoms with E-state index in [0.29, 0.717) is 0 Å². The summed E-state index contributed by atoms with van der Waals surface area (Å²) in [7, 11) is 0. The lowest BCUT2D eigenvalue weighted by molar-refractivity contribution is 1.17. The first-order chi connectivity index (χ1) is 28.8. The van der Waals surface area contributed by atoms with Crippen molar-refractivity contribution in [1.82, 2.24) is 19.1 Å². The Labute approximate surface area is 333 Å². The third-order valence-electron chi connectivity index (χ3n) is 12.2. The summed E-state index contributed by atoms with van der Waals surface area (Å²) in [5.74, 6) is 0.735. The van der Waals surface area contributed by atoms with E-state index in [1.165, 1.54) is 71.2 Å². The predicted molar refractivity (Wildman–Crippen MR) is 241 cm³/mol. The molecule has 0 saturated carbocycles. The highest BCUT2D eigenvalue weighted by Crippen LogP contribution is 2.46. The van der Waals surface area contributed by atoms with Gasteiger partial charge in [-0.25, -0.2) is 9.97 Å². The average molecular weight is 737 g/mol. The molecular weight excluding hydrogens is 705 g/mol. The standard InChI is InChI=1S/C54H32N4/c1-2-14-37(15-3-1)58-50-29-26-35(32-46(50)44-27-24-33-12-4-5-17-39(33)53(44)58)34-25-28-49-45(31-34)41-19-8-9-23-48(41)57(49)38-16-10-13-36(30-38)54-55-47-22-11-21-42-40-18-6-7-20-43(40)52(56-54)51(42)47/h1-32H. The van der Waals surface area contributed by atoms with Gasteiger partial charge in [-0.2, -0.15) is 0 Å². The molecule has 1 aliphatic carbocycles. The minimum Gasteiger partial charge on any atom is -0.309 e. The Balaban J connectivity index is 0.968. The van der Waals surface area contributed by atoms with Crippen LogP contribution in [0.5, 0.6) is 0 Å². The predicted octanol–water partition coefficient (Wildman–Crippen LogP) is 14.0. The molecular formula is C54H32N4. The number of fused-ring (bicyclic) bond motifs is 11. The van der Waals surface area contributed by atoms with Crippen molar-refractivity contribution < 1.29 is 0 Å². The molecule has 3 heterocycles. The molecule has 0 bridgehead atoms. The van der Waals surface area contributed by atoms with Crippen LogP contribution in [0, 0.1) is 0 Å². The third-order valence-corrected chi connectivity index (χ3v) is 12.2. The van der Waals surface area contributed by atoms with Gasteiger partial charge in [-0.15, -0.1) is 0 Å². The highest BCUT2D eigenvalue weighted by atomic mass is 15.0. The largest absolute Gasteiger partial charge is 0.309 e. The second-order valence-electron chi connectivity index (χ2n) is 15.4. The minimum atomic E-state index is 0.735. The van der Waals surface area contributed by atoms with Crippen LogP contribution in [0.2, 0.25) is 0 Å². The number of para-hydroxylation sites is 2. The van der Waals surface area contributed by atoms with Crippen LogP contribution in [0.4, 0.5) is 0 Å². The lowest BCUT2D eigenvalue weighted by Gasteiger charge is -2.11. The molecule has 0 saturated heterocycles. The maximum atomic E-state index is 5.23. The van der Waals surface area contributed by atoms with Crippen LogP contribution < -0.4 is 0 Å². The monoisotopic (exact) mass is 736 g/mol. The molecule has 9 aromatic carbocycles. The summed E-state index contributed by atoms with van der Waals surface area (Å²) >= 11 is 0. The highest BCUT2D eigenvalue weighted by Gasteiger charge is 2.24. The van der Waals surface area contributed by atoms with E-state index in [9.17, 15) is 0 Å². The molecule has 3 aromatic heterocycles. The van der Waals surface area contributed by atoms with Gasteiger partial charge >= 0.3 is 0 Å². The zero-order chi connectivity index (χ0) is 37.9. The number of hydrogen-bond acceptors (Lipinski definition) is 2. The molecule has 0 unspecified atom stereocenters. The molecule has 0 aliphatic heterocycles. The SMILES string of the molecule is c1ccc(-n2c3ccc(-c4ccc5c(c4)c4ccccc4n5-c4cccc(-c5nc6c7c(cccc7n5)-c5ccccc5-6)c4)cc3c3ccc4ccccc4c32)cc1. The highest BCUT2D eigenvalue weighted by molar-refractivity contribution is 6.19. The van der Waals surface area contributed by atoms with Gasteiger partial charge in [-0.3, -0.25) is 0 Å². The number of rotatable bonds is 4. The van der Waals surface area contributed by atoms with Crippen LogP contribution in [-0.2, 0) is 0 Å². The van der Waals surface area contributed by atoms with Gasteiger partial charge in [0.05, 0.1) is 33.3 Å². The summed E-state index contributed by atoms with van der Waals surface area (Å²) in [4.78, 5) is 10.4. The van der Waals surface area contributed by atoms with E-state index in [-0.39, 0.29) is 0 Å². The Bertz CT molecular complexity index is 3680. The Morgan fingerprint density at radius 1 is 0.345 bits per heavy atom. The third kappa shape index (κ3) is 4.40. The number of aromatic nitrogens is 4. The van der Waals surface area contributed by atoms with Gasteiger partial charge in [0.1, 0.15) is 0 Å². The lowest BCUT2D eigenvalue weighted by Crippen LogP contribution is -1.97.